The summed E-state index contributed by atoms with van der Waals surface area (Å²) in [4.78, 5) is 14.3. The third-order valence-corrected chi connectivity index (χ3v) is 4.27. The number of amides is 1. The summed E-state index contributed by atoms with van der Waals surface area (Å²) in [5.41, 5.74) is 0. The average Bonchev–Trinajstić information content (AvgIpc) is 2.29. The van der Waals surface area contributed by atoms with E-state index in [1.54, 1.807) is 0 Å². The minimum absolute atomic E-state index is 0.00821. The lowest BCUT2D eigenvalue weighted by molar-refractivity contribution is -0.139. The number of nitrogens with zero attached hydrogens (tertiary/aromatic N) is 1. The van der Waals surface area contributed by atoms with Gasteiger partial charge in [0.05, 0.1) is 12.7 Å². The van der Waals surface area contributed by atoms with Crippen LogP contribution in [-0.2, 0) is 9.53 Å². The molecule has 0 aromatic heterocycles. The Labute approximate surface area is 101 Å². The lowest BCUT2D eigenvalue weighted by Crippen LogP contribution is -2.58. The molecule has 0 radical (unpaired) electrons. The van der Waals surface area contributed by atoms with Crippen molar-refractivity contribution >= 4 is 17.7 Å². The van der Waals surface area contributed by atoms with E-state index in [1.807, 2.05) is 23.6 Å². The van der Waals surface area contributed by atoms with E-state index in [-0.39, 0.29) is 18.1 Å². The lowest BCUT2D eigenvalue weighted by atomic mass is 10.1. The Hall–Kier alpha value is -0.260. The zero-order chi connectivity index (χ0) is 11.5. The molecule has 2 aliphatic rings. The van der Waals surface area contributed by atoms with Gasteiger partial charge in [-0.05, 0) is 6.92 Å². The summed E-state index contributed by atoms with van der Waals surface area (Å²) in [6.07, 6.45) is -0.00821. The summed E-state index contributed by atoms with van der Waals surface area (Å²) in [7, 11) is 0. The van der Waals surface area contributed by atoms with Gasteiger partial charge < -0.3 is 15.0 Å². The molecule has 4 nitrogen and oxygen atoms in total. The number of rotatable bonds is 1. The van der Waals surface area contributed by atoms with Crippen molar-refractivity contribution in [3.63, 3.8) is 0 Å². The van der Waals surface area contributed by atoms with E-state index in [2.05, 4.69) is 12.2 Å². The molecular formula is C11H20N2O2S. The fraction of sp³-hybridized carbons (Fsp3) is 0.909. The van der Waals surface area contributed by atoms with Crippen LogP contribution in [0.3, 0.4) is 0 Å². The molecule has 2 fully saturated rings. The van der Waals surface area contributed by atoms with Gasteiger partial charge in [0.15, 0.2) is 0 Å². The summed E-state index contributed by atoms with van der Waals surface area (Å²) in [5.74, 6) is 1.26. The standard InChI is InChI=1S/C11H20N2O2S/c1-8-7-13(4-6-16-8)11(14)10-9(2)15-5-3-12-10/h8-10,12H,3-7H2,1-2H3/t8?,9-,10+/m1/s1. The molecule has 1 amide bonds. The molecule has 0 saturated carbocycles. The van der Waals surface area contributed by atoms with Crippen LogP contribution in [-0.4, -0.2) is 60.2 Å². The highest BCUT2D eigenvalue weighted by Gasteiger charge is 2.33. The molecule has 16 heavy (non-hydrogen) atoms. The first-order valence-electron chi connectivity index (χ1n) is 5.94. The molecule has 2 saturated heterocycles. The van der Waals surface area contributed by atoms with E-state index >= 15 is 0 Å². The van der Waals surface area contributed by atoms with Crippen LogP contribution in [0.5, 0.6) is 0 Å². The van der Waals surface area contributed by atoms with Crippen molar-refractivity contribution in [2.75, 3.05) is 32.0 Å². The summed E-state index contributed by atoms with van der Waals surface area (Å²) in [6, 6.07) is -0.149. The smallest absolute Gasteiger partial charge is 0.242 e. The lowest BCUT2D eigenvalue weighted by Gasteiger charge is -2.37. The van der Waals surface area contributed by atoms with Gasteiger partial charge >= 0.3 is 0 Å². The first-order valence-corrected chi connectivity index (χ1v) is 6.98. The second kappa shape index (κ2) is 5.38. The van der Waals surface area contributed by atoms with Crippen LogP contribution in [0.25, 0.3) is 0 Å². The van der Waals surface area contributed by atoms with Crippen molar-refractivity contribution in [3.8, 4) is 0 Å². The van der Waals surface area contributed by atoms with Gasteiger partial charge in [0.25, 0.3) is 0 Å². The summed E-state index contributed by atoms with van der Waals surface area (Å²) in [6.45, 7) is 7.37. The molecule has 0 aromatic carbocycles. The third kappa shape index (κ3) is 2.70. The van der Waals surface area contributed by atoms with Crippen molar-refractivity contribution in [2.45, 2.75) is 31.2 Å². The zero-order valence-electron chi connectivity index (χ0n) is 9.94. The minimum Gasteiger partial charge on any atom is -0.375 e. The molecule has 2 rings (SSSR count). The Balaban J connectivity index is 1.94. The maximum atomic E-state index is 12.3. The SMILES string of the molecule is CC1CN(C(=O)[C@H]2NCCO[C@@H]2C)CCS1. The van der Waals surface area contributed by atoms with Gasteiger partial charge in [-0.3, -0.25) is 4.79 Å². The Morgan fingerprint density at radius 2 is 2.31 bits per heavy atom. The van der Waals surface area contributed by atoms with Gasteiger partial charge in [0.2, 0.25) is 5.91 Å². The molecule has 1 N–H and O–H groups in total. The maximum absolute atomic E-state index is 12.3. The van der Waals surface area contributed by atoms with E-state index in [9.17, 15) is 4.79 Å². The molecule has 5 heteroatoms. The number of nitrogens with one attached hydrogen (secondary N) is 1. The highest BCUT2D eigenvalue weighted by atomic mass is 32.2. The Bertz CT molecular complexity index is 262. The van der Waals surface area contributed by atoms with Crippen LogP contribution in [0.15, 0.2) is 0 Å². The topological polar surface area (TPSA) is 41.6 Å². The molecule has 2 heterocycles. The zero-order valence-corrected chi connectivity index (χ0v) is 10.8. The van der Waals surface area contributed by atoms with Gasteiger partial charge in [-0.2, -0.15) is 11.8 Å². The molecular weight excluding hydrogens is 224 g/mol. The fourth-order valence-corrected chi connectivity index (χ4v) is 3.24. The van der Waals surface area contributed by atoms with Crippen molar-refractivity contribution < 1.29 is 9.53 Å². The van der Waals surface area contributed by atoms with Gasteiger partial charge in [0, 0.05) is 30.6 Å². The number of thioether (sulfide) groups is 1. The van der Waals surface area contributed by atoms with Crippen LogP contribution in [0, 0.1) is 0 Å². The van der Waals surface area contributed by atoms with Crippen molar-refractivity contribution in [1.82, 2.24) is 10.2 Å². The quantitative estimate of drug-likeness (QED) is 0.721. The van der Waals surface area contributed by atoms with Crippen LogP contribution in [0.2, 0.25) is 0 Å². The molecule has 3 atom stereocenters. The van der Waals surface area contributed by atoms with Gasteiger partial charge in [-0.1, -0.05) is 6.92 Å². The predicted molar refractivity (Wildman–Crippen MR) is 65.7 cm³/mol. The van der Waals surface area contributed by atoms with Crippen LogP contribution in [0.4, 0.5) is 0 Å². The summed E-state index contributed by atoms with van der Waals surface area (Å²) >= 11 is 1.94. The molecule has 0 aromatic rings. The molecule has 2 aliphatic heterocycles. The van der Waals surface area contributed by atoms with E-state index in [0.717, 1.165) is 25.4 Å². The number of ether oxygens (including phenoxy) is 1. The van der Waals surface area contributed by atoms with E-state index in [1.165, 1.54) is 0 Å². The van der Waals surface area contributed by atoms with Crippen LogP contribution >= 0.6 is 11.8 Å². The molecule has 92 valence electrons. The highest BCUT2D eigenvalue weighted by molar-refractivity contribution is 7.99. The highest BCUT2D eigenvalue weighted by Crippen LogP contribution is 2.19. The monoisotopic (exact) mass is 244 g/mol. The number of hydrogen-bond acceptors (Lipinski definition) is 4. The molecule has 0 spiro atoms. The van der Waals surface area contributed by atoms with E-state index in [0.29, 0.717) is 11.9 Å². The van der Waals surface area contributed by atoms with E-state index < -0.39 is 0 Å². The van der Waals surface area contributed by atoms with E-state index in [4.69, 9.17) is 4.74 Å². The normalized spacial score (nSPS) is 36.1. The van der Waals surface area contributed by atoms with Crippen molar-refractivity contribution in [3.05, 3.63) is 0 Å². The first kappa shape index (κ1) is 12.2. The number of carbonyl (C=O) groups is 1. The maximum Gasteiger partial charge on any atom is 0.242 e. The first-order chi connectivity index (χ1) is 7.68. The van der Waals surface area contributed by atoms with Gasteiger partial charge in [0.1, 0.15) is 6.04 Å². The van der Waals surface area contributed by atoms with Gasteiger partial charge in [-0.15, -0.1) is 0 Å². The predicted octanol–water partition coefficient (Wildman–Crippen LogP) is 0.327. The third-order valence-electron chi connectivity index (χ3n) is 3.14. The largest absolute Gasteiger partial charge is 0.375 e. The van der Waals surface area contributed by atoms with Crippen LogP contribution < -0.4 is 5.32 Å². The van der Waals surface area contributed by atoms with Gasteiger partial charge in [-0.25, -0.2) is 0 Å². The molecule has 0 bridgehead atoms. The summed E-state index contributed by atoms with van der Waals surface area (Å²) < 4.78 is 5.51. The fourth-order valence-electron chi connectivity index (χ4n) is 2.22. The Morgan fingerprint density at radius 3 is 3.00 bits per heavy atom. The number of hydrogen-bond donors (Lipinski definition) is 1. The Morgan fingerprint density at radius 1 is 1.50 bits per heavy atom. The molecule has 0 aliphatic carbocycles. The Kier molecular flexibility index (Phi) is 4.10. The molecule has 1 unspecified atom stereocenters. The van der Waals surface area contributed by atoms with Crippen LogP contribution in [0.1, 0.15) is 13.8 Å². The number of carbonyl (C=O) groups excluding carboxylic acids is 1. The number of morpholine rings is 1. The van der Waals surface area contributed by atoms with Crippen molar-refractivity contribution in [2.24, 2.45) is 0 Å². The summed E-state index contributed by atoms with van der Waals surface area (Å²) in [5, 5.41) is 3.81. The van der Waals surface area contributed by atoms with Crippen molar-refractivity contribution in [1.29, 1.82) is 0 Å². The second-order valence-corrected chi connectivity index (χ2v) is 6.02. The average molecular weight is 244 g/mol. The second-order valence-electron chi connectivity index (χ2n) is 4.47. The minimum atomic E-state index is -0.149.